The zero-order chi connectivity index (χ0) is 27.8. The van der Waals surface area contributed by atoms with Crippen molar-refractivity contribution in [3.63, 3.8) is 0 Å². The lowest BCUT2D eigenvalue weighted by Crippen LogP contribution is -2.45. The number of thiazole rings is 1. The van der Waals surface area contributed by atoms with Gasteiger partial charge in [-0.3, -0.25) is 4.90 Å². The summed E-state index contributed by atoms with van der Waals surface area (Å²) in [5.41, 5.74) is 6.52. The molecular formula is C31H46N4O2S2. The summed E-state index contributed by atoms with van der Waals surface area (Å²) in [5.74, 6) is 0.675. The third kappa shape index (κ3) is 8.41. The van der Waals surface area contributed by atoms with E-state index in [9.17, 15) is 4.21 Å². The molecule has 3 atom stereocenters. The van der Waals surface area contributed by atoms with Gasteiger partial charge in [0.1, 0.15) is 5.01 Å². The predicted octanol–water partition coefficient (Wildman–Crippen LogP) is 5.90. The predicted molar refractivity (Wildman–Crippen MR) is 166 cm³/mol. The van der Waals surface area contributed by atoms with E-state index in [1.807, 2.05) is 6.20 Å². The van der Waals surface area contributed by atoms with Crippen LogP contribution < -0.4 is 10.0 Å². The first-order valence-electron chi connectivity index (χ1n) is 14.5. The molecule has 8 heteroatoms. The molecule has 0 amide bonds. The number of aromatic nitrogens is 1. The number of fused-ring (bicyclic) bond motifs is 1. The van der Waals surface area contributed by atoms with Crippen LogP contribution in [-0.4, -0.2) is 64.8 Å². The fourth-order valence-corrected chi connectivity index (χ4v) is 7.61. The van der Waals surface area contributed by atoms with Gasteiger partial charge in [-0.15, -0.1) is 11.3 Å². The Kier molecular flexibility index (Phi) is 11.5. The van der Waals surface area contributed by atoms with Gasteiger partial charge in [0, 0.05) is 45.0 Å². The number of hydrogen-bond donors (Lipinski definition) is 2. The maximum atomic E-state index is 12.9. The SMILES string of the molecule is C/C=C(\CC/C=C(/C)C(C)OC(C)C)c1ncc(-c2cccc3c2CCC3NS(=O)CCN2CCNCC2)s1. The van der Waals surface area contributed by atoms with Gasteiger partial charge in [0.05, 0.1) is 33.8 Å². The van der Waals surface area contributed by atoms with Crippen LogP contribution in [0.25, 0.3) is 16.0 Å². The van der Waals surface area contributed by atoms with Gasteiger partial charge in [0.25, 0.3) is 0 Å². The topological polar surface area (TPSA) is 66.5 Å². The Labute approximate surface area is 241 Å². The lowest BCUT2D eigenvalue weighted by atomic mass is 10.0. The van der Waals surface area contributed by atoms with E-state index in [0.29, 0.717) is 5.75 Å². The molecule has 1 aliphatic carbocycles. The van der Waals surface area contributed by atoms with Gasteiger partial charge >= 0.3 is 0 Å². The van der Waals surface area contributed by atoms with E-state index in [1.54, 1.807) is 11.3 Å². The summed E-state index contributed by atoms with van der Waals surface area (Å²) in [7, 11) is -1.03. The van der Waals surface area contributed by atoms with E-state index in [1.165, 1.54) is 32.7 Å². The minimum atomic E-state index is -1.03. The van der Waals surface area contributed by atoms with E-state index in [0.717, 1.165) is 63.4 Å². The summed E-state index contributed by atoms with van der Waals surface area (Å²) in [6.45, 7) is 15.6. The van der Waals surface area contributed by atoms with Gasteiger partial charge in [0.15, 0.2) is 0 Å². The second-order valence-corrected chi connectivity index (χ2v) is 13.2. The highest BCUT2D eigenvalue weighted by Gasteiger charge is 2.27. The van der Waals surface area contributed by atoms with Crippen molar-refractivity contribution >= 4 is 27.9 Å². The van der Waals surface area contributed by atoms with Crippen molar-refractivity contribution in [3.8, 4) is 10.4 Å². The zero-order valence-corrected chi connectivity index (χ0v) is 25.9. The lowest BCUT2D eigenvalue weighted by Gasteiger charge is -2.27. The first kappa shape index (κ1) is 30.3. The second-order valence-electron chi connectivity index (χ2n) is 10.9. The van der Waals surface area contributed by atoms with Crippen LogP contribution in [0.2, 0.25) is 0 Å². The molecule has 4 rings (SSSR count). The Morgan fingerprint density at radius 1 is 1.31 bits per heavy atom. The Balaban J connectivity index is 1.37. The number of ether oxygens (including phenoxy) is 1. The monoisotopic (exact) mass is 570 g/mol. The molecule has 1 aromatic heterocycles. The Hall–Kier alpha value is -1.68. The number of benzene rings is 1. The standard InChI is InChI=1S/C31H46N4O2S2/c1-6-25(10-7-9-23(4)24(5)37-22(2)3)31-33-21-30(38-31)28-12-8-11-27-26(28)13-14-29(27)34-39(36)20-19-35-17-15-32-16-18-35/h6,8-9,11-12,21-22,24,29,32,34H,7,10,13-20H2,1-5H3/b23-9-,25-6+. The van der Waals surface area contributed by atoms with Crippen LogP contribution in [0.1, 0.15) is 76.1 Å². The van der Waals surface area contributed by atoms with Gasteiger partial charge in [-0.2, -0.15) is 0 Å². The van der Waals surface area contributed by atoms with Gasteiger partial charge < -0.3 is 10.1 Å². The average Bonchev–Trinajstić information content (AvgIpc) is 3.58. The molecule has 2 aromatic rings. The highest BCUT2D eigenvalue weighted by atomic mass is 32.2. The molecule has 2 aliphatic rings. The number of rotatable bonds is 13. The molecule has 1 aliphatic heterocycles. The fraction of sp³-hybridized carbons (Fsp3) is 0.581. The van der Waals surface area contributed by atoms with E-state index in [-0.39, 0.29) is 18.2 Å². The van der Waals surface area contributed by atoms with Crippen molar-refractivity contribution in [1.29, 1.82) is 0 Å². The molecule has 2 N–H and O–H groups in total. The van der Waals surface area contributed by atoms with Crippen molar-refractivity contribution in [2.75, 3.05) is 38.5 Å². The molecule has 1 aromatic carbocycles. The van der Waals surface area contributed by atoms with E-state index < -0.39 is 11.0 Å². The largest absolute Gasteiger partial charge is 0.372 e. The molecule has 1 fully saturated rings. The normalized spacial score (nSPS) is 20.4. The summed E-state index contributed by atoms with van der Waals surface area (Å²) in [4.78, 5) is 8.44. The fourth-order valence-electron chi connectivity index (χ4n) is 5.43. The Morgan fingerprint density at radius 3 is 2.85 bits per heavy atom. The van der Waals surface area contributed by atoms with Crippen LogP contribution in [0.5, 0.6) is 0 Å². The highest BCUT2D eigenvalue weighted by Crippen LogP contribution is 2.40. The van der Waals surface area contributed by atoms with Crippen LogP contribution in [0, 0.1) is 0 Å². The van der Waals surface area contributed by atoms with Crippen molar-refractivity contribution in [2.45, 2.75) is 78.6 Å². The zero-order valence-electron chi connectivity index (χ0n) is 24.3. The van der Waals surface area contributed by atoms with Crippen molar-refractivity contribution in [1.82, 2.24) is 19.9 Å². The number of allylic oxidation sites excluding steroid dienone is 3. The lowest BCUT2D eigenvalue weighted by molar-refractivity contribution is 0.0395. The molecule has 214 valence electrons. The van der Waals surface area contributed by atoms with Crippen LogP contribution in [0.3, 0.4) is 0 Å². The quantitative estimate of drug-likeness (QED) is 0.294. The van der Waals surface area contributed by atoms with E-state index in [2.05, 4.69) is 79.9 Å². The Bertz CT molecular complexity index is 1170. The van der Waals surface area contributed by atoms with Crippen LogP contribution >= 0.6 is 11.3 Å². The smallest absolute Gasteiger partial charge is 0.119 e. The van der Waals surface area contributed by atoms with Crippen LogP contribution in [-0.2, 0) is 22.1 Å². The molecule has 39 heavy (non-hydrogen) atoms. The summed E-state index contributed by atoms with van der Waals surface area (Å²) in [6.07, 6.45) is 10.9. The first-order chi connectivity index (χ1) is 18.9. The molecule has 6 nitrogen and oxygen atoms in total. The van der Waals surface area contributed by atoms with Crippen molar-refractivity contribution < 1.29 is 8.95 Å². The Morgan fingerprint density at radius 2 is 2.10 bits per heavy atom. The summed E-state index contributed by atoms with van der Waals surface area (Å²) >= 11 is 1.78. The molecular weight excluding hydrogens is 525 g/mol. The minimum Gasteiger partial charge on any atom is -0.372 e. The number of nitrogens with one attached hydrogen (secondary N) is 2. The molecule has 1 saturated heterocycles. The average molecular weight is 571 g/mol. The third-order valence-electron chi connectivity index (χ3n) is 7.74. The number of piperazine rings is 1. The summed E-state index contributed by atoms with van der Waals surface area (Å²) < 4.78 is 22.2. The first-order valence-corrected chi connectivity index (χ1v) is 16.6. The molecule has 3 unspecified atom stereocenters. The maximum Gasteiger partial charge on any atom is 0.119 e. The van der Waals surface area contributed by atoms with Gasteiger partial charge in [-0.25, -0.2) is 13.9 Å². The second kappa shape index (κ2) is 14.8. The summed E-state index contributed by atoms with van der Waals surface area (Å²) in [6, 6.07) is 6.72. The van der Waals surface area contributed by atoms with Crippen LogP contribution in [0.4, 0.5) is 0 Å². The maximum absolute atomic E-state index is 12.9. The number of hydrogen-bond acceptors (Lipinski definition) is 6. The van der Waals surface area contributed by atoms with Gasteiger partial charge in [-0.05, 0) is 88.1 Å². The van der Waals surface area contributed by atoms with E-state index in [4.69, 9.17) is 9.72 Å². The molecule has 0 saturated carbocycles. The minimum absolute atomic E-state index is 0.147. The molecule has 0 radical (unpaired) electrons. The van der Waals surface area contributed by atoms with Crippen molar-refractivity contribution in [2.24, 2.45) is 0 Å². The van der Waals surface area contributed by atoms with Crippen molar-refractivity contribution in [3.05, 3.63) is 58.3 Å². The number of nitrogens with zero attached hydrogens (tertiary/aromatic N) is 2. The van der Waals surface area contributed by atoms with Gasteiger partial charge in [-0.1, -0.05) is 30.4 Å². The van der Waals surface area contributed by atoms with E-state index >= 15 is 0 Å². The van der Waals surface area contributed by atoms with Gasteiger partial charge in [0.2, 0.25) is 0 Å². The molecule has 0 spiro atoms. The summed E-state index contributed by atoms with van der Waals surface area (Å²) in [5, 5.41) is 4.48. The highest BCUT2D eigenvalue weighted by molar-refractivity contribution is 7.83. The van der Waals surface area contributed by atoms with Crippen LogP contribution in [0.15, 0.2) is 42.1 Å². The molecule has 0 bridgehead atoms. The molecule has 2 heterocycles. The third-order valence-corrected chi connectivity index (χ3v) is 9.95.